The van der Waals surface area contributed by atoms with Crippen molar-refractivity contribution in [1.82, 2.24) is 10.3 Å². The number of benzene rings is 1. The highest BCUT2D eigenvalue weighted by Crippen LogP contribution is 2.34. The molecule has 0 aliphatic heterocycles. The summed E-state index contributed by atoms with van der Waals surface area (Å²) in [4.78, 5) is 26.8. The van der Waals surface area contributed by atoms with Gasteiger partial charge in [0.05, 0.1) is 12.2 Å². The Bertz CT molecular complexity index is 891. The van der Waals surface area contributed by atoms with Gasteiger partial charge in [-0.05, 0) is 44.2 Å². The number of carbonyl (C=O) groups is 2. The average molecular weight is 447 g/mol. The smallest absolute Gasteiger partial charge is 0.417 e. The van der Waals surface area contributed by atoms with Crippen molar-refractivity contribution in [2.75, 3.05) is 13.2 Å². The number of carbonyl (C=O) groups excluding carboxylic acids is 2. The molecule has 2 rings (SSSR count). The molecule has 30 heavy (non-hydrogen) atoms. The fourth-order valence-corrected chi connectivity index (χ4v) is 2.33. The van der Waals surface area contributed by atoms with E-state index in [2.05, 4.69) is 10.3 Å². The van der Waals surface area contributed by atoms with Gasteiger partial charge < -0.3 is 19.5 Å². The molecule has 1 atom stereocenters. The molecular formula is C19H18ClF3N2O5. The molecule has 1 aromatic carbocycles. The molecule has 0 bridgehead atoms. The van der Waals surface area contributed by atoms with E-state index in [-0.39, 0.29) is 29.8 Å². The second kappa shape index (κ2) is 10.1. The molecule has 162 valence electrons. The van der Waals surface area contributed by atoms with E-state index in [1.807, 2.05) is 0 Å². The van der Waals surface area contributed by atoms with Crippen LogP contribution in [0.15, 0.2) is 36.5 Å². The molecule has 1 unspecified atom stereocenters. The third-order valence-corrected chi connectivity index (χ3v) is 3.84. The van der Waals surface area contributed by atoms with Gasteiger partial charge in [-0.3, -0.25) is 9.59 Å². The van der Waals surface area contributed by atoms with E-state index in [1.165, 1.54) is 31.2 Å². The van der Waals surface area contributed by atoms with Crippen molar-refractivity contribution < 1.29 is 37.0 Å². The van der Waals surface area contributed by atoms with Gasteiger partial charge in [-0.25, -0.2) is 4.98 Å². The van der Waals surface area contributed by atoms with Crippen molar-refractivity contribution in [2.24, 2.45) is 0 Å². The second-order valence-electron chi connectivity index (χ2n) is 5.87. The molecular weight excluding hydrogens is 429 g/mol. The topological polar surface area (TPSA) is 86.8 Å². The molecule has 0 saturated carbocycles. The fraction of sp³-hybridized carbons (Fsp3) is 0.316. The minimum atomic E-state index is -4.56. The van der Waals surface area contributed by atoms with Gasteiger partial charge in [-0.1, -0.05) is 11.6 Å². The summed E-state index contributed by atoms with van der Waals surface area (Å²) in [5.74, 6) is -0.687. The maximum absolute atomic E-state index is 12.6. The minimum absolute atomic E-state index is 0.190. The number of halogens is 4. The summed E-state index contributed by atoms with van der Waals surface area (Å²) in [5, 5.41) is 2.09. The Kier molecular flexibility index (Phi) is 7.87. The first kappa shape index (κ1) is 23.3. The second-order valence-corrected chi connectivity index (χ2v) is 6.27. The quantitative estimate of drug-likeness (QED) is 0.617. The Hall–Kier alpha value is -3.01. The molecule has 11 heteroatoms. The van der Waals surface area contributed by atoms with Crippen LogP contribution in [0.5, 0.6) is 17.4 Å². The van der Waals surface area contributed by atoms with Gasteiger partial charge in [-0.2, -0.15) is 13.2 Å². The monoisotopic (exact) mass is 446 g/mol. The SMILES string of the molecule is CCOC(=O)CNC(=O)C(C)Oc1ccc(Oc2ncc(C(F)(F)F)cc2Cl)cc1. The molecule has 2 aromatic rings. The van der Waals surface area contributed by atoms with Crippen LogP contribution in [0.4, 0.5) is 13.2 Å². The Morgan fingerprint density at radius 3 is 2.40 bits per heavy atom. The van der Waals surface area contributed by atoms with Crippen molar-refractivity contribution in [1.29, 1.82) is 0 Å². The Labute approximate surface area is 175 Å². The van der Waals surface area contributed by atoms with Crippen LogP contribution in [0.25, 0.3) is 0 Å². The summed E-state index contributed by atoms with van der Waals surface area (Å²) in [6, 6.07) is 6.63. The highest BCUT2D eigenvalue weighted by molar-refractivity contribution is 6.31. The molecule has 0 aliphatic carbocycles. The Balaban J connectivity index is 1.93. The maximum atomic E-state index is 12.6. The van der Waals surface area contributed by atoms with Crippen molar-refractivity contribution in [2.45, 2.75) is 26.1 Å². The molecule has 1 amide bonds. The van der Waals surface area contributed by atoms with Gasteiger partial charge >= 0.3 is 12.1 Å². The first-order valence-electron chi connectivity index (χ1n) is 8.70. The summed E-state index contributed by atoms with van der Waals surface area (Å²) in [6.45, 7) is 3.09. The number of amides is 1. The van der Waals surface area contributed by atoms with Crippen molar-refractivity contribution in [3.63, 3.8) is 0 Å². The molecule has 0 aliphatic rings. The van der Waals surface area contributed by atoms with Crippen LogP contribution in [-0.4, -0.2) is 36.1 Å². The summed E-state index contributed by atoms with van der Waals surface area (Å²) >= 11 is 5.80. The number of alkyl halides is 3. The number of nitrogens with zero attached hydrogens (tertiary/aromatic N) is 1. The average Bonchev–Trinajstić information content (AvgIpc) is 2.68. The number of esters is 1. The molecule has 1 N–H and O–H groups in total. The Morgan fingerprint density at radius 1 is 1.20 bits per heavy atom. The molecule has 0 saturated heterocycles. The number of ether oxygens (including phenoxy) is 3. The molecule has 0 radical (unpaired) electrons. The lowest BCUT2D eigenvalue weighted by Gasteiger charge is -2.15. The van der Waals surface area contributed by atoms with E-state index in [9.17, 15) is 22.8 Å². The molecule has 7 nitrogen and oxygen atoms in total. The van der Waals surface area contributed by atoms with E-state index < -0.39 is 29.7 Å². The Morgan fingerprint density at radius 2 is 1.83 bits per heavy atom. The van der Waals surface area contributed by atoms with Gasteiger partial charge in [0.2, 0.25) is 5.88 Å². The summed E-state index contributed by atoms with van der Waals surface area (Å²) in [7, 11) is 0. The van der Waals surface area contributed by atoms with Crippen LogP contribution in [0.2, 0.25) is 5.02 Å². The number of rotatable bonds is 8. The zero-order valence-corrected chi connectivity index (χ0v) is 16.7. The normalized spacial score (nSPS) is 12.1. The van der Waals surface area contributed by atoms with Crippen LogP contribution in [-0.2, 0) is 20.5 Å². The van der Waals surface area contributed by atoms with Gasteiger partial charge in [-0.15, -0.1) is 0 Å². The van der Waals surface area contributed by atoms with Crippen molar-refractivity contribution >= 4 is 23.5 Å². The summed E-state index contributed by atoms with van der Waals surface area (Å²) in [5.41, 5.74) is -0.987. The zero-order valence-electron chi connectivity index (χ0n) is 16.0. The lowest BCUT2D eigenvalue weighted by atomic mass is 10.3. The number of hydrogen-bond acceptors (Lipinski definition) is 6. The van der Waals surface area contributed by atoms with E-state index in [0.717, 1.165) is 6.07 Å². The van der Waals surface area contributed by atoms with Gasteiger partial charge in [0.15, 0.2) is 6.10 Å². The standard InChI is InChI=1S/C19H18ClF3N2O5/c1-3-28-16(26)10-24-17(27)11(2)29-13-4-6-14(7-5-13)30-18-15(20)8-12(9-25-18)19(21,22)23/h4-9,11H,3,10H2,1-2H3,(H,24,27). The first-order valence-corrected chi connectivity index (χ1v) is 9.08. The molecule has 0 fully saturated rings. The lowest BCUT2D eigenvalue weighted by Crippen LogP contribution is -2.39. The lowest BCUT2D eigenvalue weighted by molar-refractivity contribution is -0.144. The van der Waals surface area contributed by atoms with Crippen LogP contribution >= 0.6 is 11.6 Å². The summed E-state index contributed by atoms with van der Waals surface area (Å²) in [6.07, 6.45) is -4.83. The van der Waals surface area contributed by atoms with Crippen molar-refractivity contribution in [3.8, 4) is 17.4 Å². The highest BCUT2D eigenvalue weighted by atomic mass is 35.5. The number of pyridine rings is 1. The molecule has 1 aromatic heterocycles. The minimum Gasteiger partial charge on any atom is -0.481 e. The van der Waals surface area contributed by atoms with Crippen LogP contribution in [0.3, 0.4) is 0 Å². The van der Waals surface area contributed by atoms with Crippen LogP contribution < -0.4 is 14.8 Å². The molecule has 1 heterocycles. The van der Waals surface area contributed by atoms with E-state index in [4.69, 9.17) is 25.8 Å². The number of hydrogen-bond donors (Lipinski definition) is 1. The predicted molar refractivity (Wildman–Crippen MR) is 100 cm³/mol. The third-order valence-electron chi connectivity index (χ3n) is 3.57. The van der Waals surface area contributed by atoms with Crippen LogP contribution in [0, 0.1) is 0 Å². The zero-order chi connectivity index (χ0) is 22.3. The fourth-order valence-electron chi connectivity index (χ4n) is 2.13. The number of aromatic nitrogens is 1. The maximum Gasteiger partial charge on any atom is 0.417 e. The van der Waals surface area contributed by atoms with E-state index in [0.29, 0.717) is 11.9 Å². The van der Waals surface area contributed by atoms with E-state index >= 15 is 0 Å². The first-order chi connectivity index (χ1) is 14.1. The highest BCUT2D eigenvalue weighted by Gasteiger charge is 2.31. The van der Waals surface area contributed by atoms with Crippen LogP contribution in [0.1, 0.15) is 19.4 Å². The third kappa shape index (κ3) is 6.80. The van der Waals surface area contributed by atoms with E-state index in [1.54, 1.807) is 6.92 Å². The predicted octanol–water partition coefficient (Wildman–Crippen LogP) is 3.99. The summed E-state index contributed by atoms with van der Waals surface area (Å²) < 4.78 is 53.5. The largest absolute Gasteiger partial charge is 0.481 e. The van der Waals surface area contributed by atoms with Gasteiger partial charge in [0, 0.05) is 6.20 Å². The number of nitrogens with one attached hydrogen (secondary N) is 1. The van der Waals surface area contributed by atoms with Crippen molar-refractivity contribution in [3.05, 3.63) is 47.1 Å². The van der Waals surface area contributed by atoms with Gasteiger partial charge in [0.25, 0.3) is 5.91 Å². The van der Waals surface area contributed by atoms with Gasteiger partial charge in [0.1, 0.15) is 23.1 Å². The molecule has 0 spiro atoms.